The molecule has 3 aromatic rings. The molecule has 1 amide bonds. The number of fused-ring (bicyclic) bond motifs is 1. The molecule has 7 nitrogen and oxygen atoms in total. The van der Waals surface area contributed by atoms with Crippen LogP contribution in [0.1, 0.15) is 27.2 Å². The van der Waals surface area contributed by atoms with Crippen LogP contribution in [0.5, 0.6) is 0 Å². The first kappa shape index (κ1) is 22.0. The van der Waals surface area contributed by atoms with Gasteiger partial charge in [0.2, 0.25) is 0 Å². The Morgan fingerprint density at radius 2 is 1.68 bits per heavy atom. The quantitative estimate of drug-likeness (QED) is 0.591. The van der Waals surface area contributed by atoms with Crippen LogP contribution < -0.4 is 5.32 Å². The number of carbonyl (C=O) groups excluding carboxylic acids is 3. The maximum absolute atomic E-state index is 12.7. The lowest BCUT2D eigenvalue weighted by Crippen LogP contribution is -2.44. The summed E-state index contributed by atoms with van der Waals surface area (Å²) in [6.45, 7) is 3.02. The molecule has 3 rings (SSSR count). The Morgan fingerprint density at radius 3 is 2.39 bits per heavy atom. The van der Waals surface area contributed by atoms with Crippen LogP contribution in [-0.4, -0.2) is 42.6 Å². The number of para-hydroxylation sites is 1. The van der Waals surface area contributed by atoms with E-state index < -0.39 is 30.5 Å². The zero-order valence-electron chi connectivity index (χ0n) is 17.7. The molecule has 0 unspecified atom stereocenters. The lowest BCUT2D eigenvalue weighted by Gasteiger charge is -2.17. The van der Waals surface area contributed by atoms with Crippen LogP contribution >= 0.6 is 0 Å². The summed E-state index contributed by atoms with van der Waals surface area (Å²) in [6, 6.07) is 15.9. The Hall–Kier alpha value is -3.74. The summed E-state index contributed by atoms with van der Waals surface area (Å²) >= 11 is 0. The molecule has 0 saturated heterocycles. The number of nitrogens with one attached hydrogen (secondary N) is 1. The van der Waals surface area contributed by atoms with Gasteiger partial charge in [-0.15, -0.1) is 0 Å². The highest BCUT2D eigenvalue weighted by molar-refractivity contribution is 5.99. The van der Waals surface area contributed by atoms with E-state index in [2.05, 4.69) is 10.3 Å². The number of hydrogen-bond donors (Lipinski definition) is 1. The number of esters is 2. The van der Waals surface area contributed by atoms with E-state index in [1.165, 1.54) is 7.11 Å². The average Bonchev–Trinajstić information content (AvgIpc) is 2.77. The van der Waals surface area contributed by atoms with Crippen LogP contribution in [0, 0.1) is 13.8 Å². The number of carbonyl (C=O) groups is 3. The van der Waals surface area contributed by atoms with Crippen molar-refractivity contribution in [3.05, 3.63) is 77.0 Å². The minimum atomic E-state index is -0.885. The molecule has 1 N–H and O–H groups in total. The van der Waals surface area contributed by atoms with Gasteiger partial charge >= 0.3 is 11.9 Å². The number of ether oxygens (including phenoxy) is 2. The monoisotopic (exact) mass is 420 g/mol. The van der Waals surface area contributed by atoms with Crippen molar-refractivity contribution in [3.8, 4) is 0 Å². The first-order valence-electron chi connectivity index (χ1n) is 9.85. The van der Waals surface area contributed by atoms with Crippen LogP contribution in [0.4, 0.5) is 0 Å². The molecule has 0 aliphatic carbocycles. The van der Waals surface area contributed by atoms with Gasteiger partial charge in [0.1, 0.15) is 6.04 Å². The second-order valence-electron chi connectivity index (χ2n) is 7.12. The highest BCUT2D eigenvalue weighted by Crippen LogP contribution is 2.23. The summed E-state index contributed by atoms with van der Waals surface area (Å²) in [6.07, 6.45) is 0.264. The van der Waals surface area contributed by atoms with E-state index in [0.717, 1.165) is 22.0 Å². The number of methoxy groups -OCH3 is 1. The smallest absolute Gasteiger partial charge is 0.340 e. The van der Waals surface area contributed by atoms with E-state index in [0.29, 0.717) is 11.3 Å². The fourth-order valence-corrected chi connectivity index (χ4v) is 3.46. The van der Waals surface area contributed by atoms with Gasteiger partial charge in [-0.3, -0.25) is 9.78 Å². The number of nitrogens with zero attached hydrogens (tertiary/aromatic N) is 1. The molecule has 0 bridgehead atoms. The molecular formula is C24H24N2O5. The van der Waals surface area contributed by atoms with Gasteiger partial charge in [-0.05, 0) is 31.0 Å². The average molecular weight is 420 g/mol. The second kappa shape index (κ2) is 9.84. The van der Waals surface area contributed by atoms with Crippen LogP contribution in [-0.2, 0) is 25.5 Å². The molecule has 160 valence electrons. The predicted molar refractivity (Wildman–Crippen MR) is 116 cm³/mol. The van der Waals surface area contributed by atoms with Crippen molar-refractivity contribution >= 4 is 28.7 Å². The first-order valence-corrected chi connectivity index (χ1v) is 9.85. The van der Waals surface area contributed by atoms with Gasteiger partial charge in [0.25, 0.3) is 5.91 Å². The highest BCUT2D eigenvalue weighted by atomic mass is 16.5. The Bertz CT molecular complexity index is 1110. The van der Waals surface area contributed by atoms with Crippen molar-refractivity contribution in [2.75, 3.05) is 13.7 Å². The fraction of sp³-hybridized carbons (Fsp3) is 0.250. The van der Waals surface area contributed by atoms with E-state index in [1.807, 2.05) is 61.5 Å². The fourth-order valence-electron chi connectivity index (χ4n) is 3.46. The molecule has 7 heteroatoms. The molecule has 0 fully saturated rings. The second-order valence-corrected chi connectivity index (χ2v) is 7.12. The third kappa shape index (κ3) is 5.25. The maximum Gasteiger partial charge on any atom is 0.340 e. The van der Waals surface area contributed by atoms with Crippen LogP contribution in [0.25, 0.3) is 10.9 Å². The molecule has 31 heavy (non-hydrogen) atoms. The molecule has 1 atom stereocenters. The van der Waals surface area contributed by atoms with Gasteiger partial charge in [0.15, 0.2) is 6.61 Å². The van der Waals surface area contributed by atoms with Crippen molar-refractivity contribution in [1.82, 2.24) is 10.3 Å². The van der Waals surface area contributed by atoms with Gasteiger partial charge in [0.05, 0.1) is 23.9 Å². The summed E-state index contributed by atoms with van der Waals surface area (Å²) < 4.78 is 10.0. The first-order chi connectivity index (χ1) is 14.9. The summed E-state index contributed by atoms with van der Waals surface area (Å²) in [5.41, 5.74) is 3.25. The molecule has 2 aromatic carbocycles. The van der Waals surface area contributed by atoms with Crippen molar-refractivity contribution in [1.29, 1.82) is 0 Å². The summed E-state index contributed by atoms with van der Waals surface area (Å²) in [5, 5.41) is 3.42. The molecule has 1 heterocycles. The van der Waals surface area contributed by atoms with E-state index >= 15 is 0 Å². The van der Waals surface area contributed by atoms with Gasteiger partial charge < -0.3 is 14.8 Å². The minimum absolute atomic E-state index is 0.264. The molecule has 0 radical (unpaired) electrons. The van der Waals surface area contributed by atoms with E-state index in [9.17, 15) is 14.4 Å². The van der Waals surface area contributed by atoms with Gasteiger partial charge in [-0.1, -0.05) is 48.5 Å². The number of benzene rings is 2. The SMILES string of the molecule is COC(=O)[C@H](Cc1ccccc1)NC(=O)COC(=O)c1c(C)nc2ccccc2c1C. The number of amides is 1. The summed E-state index contributed by atoms with van der Waals surface area (Å²) in [5.74, 6) is -1.81. The van der Waals surface area contributed by atoms with Crippen molar-refractivity contribution in [3.63, 3.8) is 0 Å². The van der Waals surface area contributed by atoms with E-state index in [-0.39, 0.29) is 6.42 Å². The number of rotatable bonds is 7. The molecular weight excluding hydrogens is 396 g/mol. The van der Waals surface area contributed by atoms with Crippen molar-refractivity contribution < 1.29 is 23.9 Å². The Labute approximate surface area is 180 Å². The molecule has 1 aromatic heterocycles. The Kier molecular flexibility index (Phi) is 6.97. The Morgan fingerprint density at radius 1 is 1.00 bits per heavy atom. The van der Waals surface area contributed by atoms with Crippen molar-refractivity contribution in [2.24, 2.45) is 0 Å². The zero-order valence-corrected chi connectivity index (χ0v) is 17.7. The molecule has 0 saturated carbocycles. The standard InChI is InChI=1S/C24H24N2O5/c1-15-18-11-7-8-12-19(18)25-16(2)22(15)24(29)31-14-21(27)26-20(23(28)30-3)13-17-9-5-4-6-10-17/h4-12,20H,13-14H2,1-3H3,(H,26,27)/t20-/m0/s1. The van der Waals surface area contributed by atoms with Crippen molar-refractivity contribution in [2.45, 2.75) is 26.3 Å². The zero-order chi connectivity index (χ0) is 22.4. The topological polar surface area (TPSA) is 94.6 Å². The highest BCUT2D eigenvalue weighted by Gasteiger charge is 2.24. The third-order valence-electron chi connectivity index (χ3n) is 4.98. The van der Waals surface area contributed by atoms with Gasteiger partial charge in [-0.25, -0.2) is 9.59 Å². The number of aromatic nitrogens is 1. The predicted octanol–water partition coefficient (Wildman–Crippen LogP) is 2.91. The third-order valence-corrected chi connectivity index (χ3v) is 4.98. The van der Waals surface area contributed by atoms with Crippen LogP contribution in [0.15, 0.2) is 54.6 Å². The largest absolute Gasteiger partial charge is 0.467 e. The Balaban J connectivity index is 1.67. The van der Waals surface area contributed by atoms with Gasteiger partial charge in [-0.2, -0.15) is 0 Å². The lowest BCUT2D eigenvalue weighted by molar-refractivity contribution is -0.145. The minimum Gasteiger partial charge on any atom is -0.467 e. The summed E-state index contributed by atoms with van der Waals surface area (Å²) in [4.78, 5) is 41.6. The number of hydrogen-bond acceptors (Lipinski definition) is 6. The lowest BCUT2D eigenvalue weighted by atomic mass is 10.0. The van der Waals surface area contributed by atoms with Crippen LogP contribution in [0.2, 0.25) is 0 Å². The number of pyridine rings is 1. The number of aryl methyl sites for hydroxylation is 2. The van der Waals surface area contributed by atoms with E-state index in [4.69, 9.17) is 9.47 Å². The van der Waals surface area contributed by atoms with E-state index in [1.54, 1.807) is 6.92 Å². The molecule has 0 aliphatic heterocycles. The normalized spacial score (nSPS) is 11.6. The molecule has 0 spiro atoms. The molecule has 0 aliphatic rings. The summed E-state index contributed by atoms with van der Waals surface area (Å²) in [7, 11) is 1.25. The van der Waals surface area contributed by atoms with Crippen LogP contribution in [0.3, 0.4) is 0 Å². The van der Waals surface area contributed by atoms with Gasteiger partial charge in [0, 0.05) is 11.8 Å². The maximum atomic E-state index is 12.7.